The molecule has 1 aromatic rings. The van der Waals surface area contributed by atoms with Crippen molar-refractivity contribution in [3.8, 4) is 0 Å². The molecule has 0 radical (unpaired) electrons. The summed E-state index contributed by atoms with van der Waals surface area (Å²) in [6, 6.07) is 9.83. The van der Waals surface area contributed by atoms with Crippen LogP contribution in [0.4, 0.5) is 0 Å². The number of fused-ring (bicyclic) bond motifs is 1. The number of nitrogens with one attached hydrogen (secondary N) is 1. The quantitative estimate of drug-likeness (QED) is 0.864. The number of likely N-dealkylation sites (N-methyl/N-ethyl adjacent to an activating group) is 1. The second-order valence-corrected chi connectivity index (χ2v) is 5.68. The minimum atomic E-state index is 0.531. The molecule has 0 aliphatic carbocycles. The highest BCUT2D eigenvalue weighted by Gasteiger charge is 2.22. The van der Waals surface area contributed by atoms with Crippen LogP contribution in [0.25, 0.3) is 0 Å². The molecular formula is C13H20N2S. The van der Waals surface area contributed by atoms with Crippen LogP contribution in [-0.2, 0) is 0 Å². The van der Waals surface area contributed by atoms with Crippen molar-refractivity contribution in [1.82, 2.24) is 10.2 Å². The van der Waals surface area contributed by atoms with E-state index in [9.17, 15) is 0 Å². The molecule has 1 heterocycles. The predicted octanol–water partition coefficient (Wildman–Crippen LogP) is 2.37. The van der Waals surface area contributed by atoms with Gasteiger partial charge in [0, 0.05) is 29.3 Å². The van der Waals surface area contributed by atoms with E-state index in [4.69, 9.17) is 0 Å². The summed E-state index contributed by atoms with van der Waals surface area (Å²) in [6.07, 6.45) is 0. The lowest BCUT2D eigenvalue weighted by molar-refractivity contribution is 0.296. The monoisotopic (exact) mass is 236 g/mol. The molecule has 16 heavy (non-hydrogen) atoms. The van der Waals surface area contributed by atoms with Gasteiger partial charge in [0.25, 0.3) is 0 Å². The van der Waals surface area contributed by atoms with Crippen LogP contribution in [0.15, 0.2) is 29.2 Å². The summed E-state index contributed by atoms with van der Waals surface area (Å²) in [4.78, 5) is 3.69. The first kappa shape index (κ1) is 12.0. The van der Waals surface area contributed by atoms with Gasteiger partial charge in [0.15, 0.2) is 0 Å². The SMILES string of the molecule is CC(CNC1CSc2ccccc21)N(C)C. The molecule has 1 aliphatic heterocycles. The Morgan fingerprint density at radius 3 is 2.94 bits per heavy atom. The number of rotatable bonds is 4. The van der Waals surface area contributed by atoms with Gasteiger partial charge in [-0.25, -0.2) is 0 Å². The summed E-state index contributed by atoms with van der Waals surface area (Å²) in [7, 11) is 4.26. The van der Waals surface area contributed by atoms with Crippen LogP contribution in [-0.4, -0.2) is 37.3 Å². The van der Waals surface area contributed by atoms with Crippen LogP contribution in [0, 0.1) is 0 Å². The van der Waals surface area contributed by atoms with Crippen LogP contribution in [0.1, 0.15) is 18.5 Å². The lowest BCUT2D eigenvalue weighted by Crippen LogP contribution is -2.37. The molecule has 0 fully saturated rings. The minimum absolute atomic E-state index is 0.531. The number of hydrogen-bond donors (Lipinski definition) is 1. The lowest BCUT2D eigenvalue weighted by atomic mass is 10.1. The Morgan fingerprint density at radius 1 is 1.44 bits per heavy atom. The zero-order valence-electron chi connectivity index (χ0n) is 10.2. The molecular weight excluding hydrogens is 216 g/mol. The number of thioether (sulfide) groups is 1. The van der Waals surface area contributed by atoms with Gasteiger partial charge >= 0.3 is 0 Å². The Labute approximate surface area is 102 Å². The first-order valence-corrected chi connectivity index (χ1v) is 6.78. The summed E-state index contributed by atoms with van der Waals surface area (Å²) in [6.45, 7) is 3.30. The second-order valence-electron chi connectivity index (χ2n) is 4.62. The lowest BCUT2D eigenvalue weighted by Gasteiger charge is -2.22. The van der Waals surface area contributed by atoms with Crippen molar-refractivity contribution < 1.29 is 0 Å². The van der Waals surface area contributed by atoms with Gasteiger partial charge in [0.2, 0.25) is 0 Å². The fourth-order valence-corrected chi connectivity index (χ4v) is 3.02. The average molecular weight is 236 g/mol. The van der Waals surface area contributed by atoms with Gasteiger partial charge in [-0.1, -0.05) is 18.2 Å². The molecule has 2 unspecified atom stereocenters. The van der Waals surface area contributed by atoms with Gasteiger partial charge in [0.05, 0.1) is 0 Å². The van der Waals surface area contributed by atoms with Crippen molar-refractivity contribution in [3.63, 3.8) is 0 Å². The third-order valence-corrected chi connectivity index (χ3v) is 4.42. The molecule has 2 rings (SSSR count). The molecule has 2 atom stereocenters. The van der Waals surface area contributed by atoms with Crippen molar-refractivity contribution in [2.75, 3.05) is 26.4 Å². The van der Waals surface area contributed by atoms with Gasteiger partial charge in [-0.05, 0) is 32.6 Å². The summed E-state index contributed by atoms with van der Waals surface area (Å²) >= 11 is 1.96. The van der Waals surface area contributed by atoms with E-state index in [1.54, 1.807) is 0 Å². The maximum atomic E-state index is 3.66. The Hall–Kier alpha value is -0.510. The van der Waals surface area contributed by atoms with E-state index in [0.29, 0.717) is 12.1 Å². The molecule has 0 bridgehead atoms. The van der Waals surface area contributed by atoms with Gasteiger partial charge < -0.3 is 10.2 Å². The fourth-order valence-electron chi connectivity index (χ4n) is 1.83. The normalized spacial score (nSPS) is 21.1. The van der Waals surface area contributed by atoms with E-state index in [-0.39, 0.29) is 0 Å². The van der Waals surface area contributed by atoms with Crippen LogP contribution < -0.4 is 5.32 Å². The van der Waals surface area contributed by atoms with Crippen molar-refractivity contribution in [3.05, 3.63) is 29.8 Å². The van der Waals surface area contributed by atoms with E-state index in [1.165, 1.54) is 16.2 Å². The Bertz CT molecular complexity index is 352. The van der Waals surface area contributed by atoms with Gasteiger partial charge in [-0.2, -0.15) is 0 Å². The maximum Gasteiger partial charge on any atom is 0.0427 e. The molecule has 88 valence electrons. The van der Waals surface area contributed by atoms with E-state index in [2.05, 4.69) is 55.5 Å². The van der Waals surface area contributed by atoms with Crippen LogP contribution in [0.5, 0.6) is 0 Å². The molecule has 2 nitrogen and oxygen atoms in total. The largest absolute Gasteiger partial charge is 0.308 e. The fraction of sp³-hybridized carbons (Fsp3) is 0.538. The zero-order chi connectivity index (χ0) is 11.5. The highest BCUT2D eigenvalue weighted by atomic mass is 32.2. The van der Waals surface area contributed by atoms with Gasteiger partial charge in [-0.3, -0.25) is 0 Å². The summed E-state index contributed by atoms with van der Waals surface area (Å²) < 4.78 is 0. The van der Waals surface area contributed by atoms with E-state index < -0.39 is 0 Å². The molecule has 1 N–H and O–H groups in total. The first-order chi connectivity index (χ1) is 7.68. The first-order valence-electron chi connectivity index (χ1n) is 5.80. The molecule has 0 saturated carbocycles. The predicted molar refractivity (Wildman–Crippen MR) is 71.1 cm³/mol. The molecule has 3 heteroatoms. The van der Waals surface area contributed by atoms with Crippen molar-refractivity contribution in [2.24, 2.45) is 0 Å². The summed E-state index contributed by atoms with van der Waals surface area (Å²) in [5, 5.41) is 3.66. The minimum Gasteiger partial charge on any atom is -0.308 e. The smallest absolute Gasteiger partial charge is 0.0427 e. The molecule has 0 amide bonds. The van der Waals surface area contributed by atoms with Crippen molar-refractivity contribution >= 4 is 11.8 Å². The number of nitrogens with zero attached hydrogens (tertiary/aromatic N) is 1. The maximum absolute atomic E-state index is 3.66. The zero-order valence-corrected chi connectivity index (χ0v) is 11.1. The second kappa shape index (κ2) is 5.21. The van der Waals surface area contributed by atoms with E-state index in [1.807, 2.05) is 11.8 Å². The third kappa shape index (κ3) is 2.59. The third-order valence-electron chi connectivity index (χ3n) is 3.24. The molecule has 1 aliphatic rings. The highest BCUT2D eigenvalue weighted by molar-refractivity contribution is 7.99. The molecule has 0 saturated heterocycles. The van der Waals surface area contributed by atoms with E-state index >= 15 is 0 Å². The van der Waals surface area contributed by atoms with Gasteiger partial charge in [-0.15, -0.1) is 11.8 Å². The Morgan fingerprint density at radius 2 is 2.19 bits per heavy atom. The molecule has 0 aromatic heterocycles. The van der Waals surface area contributed by atoms with Gasteiger partial charge in [0.1, 0.15) is 0 Å². The van der Waals surface area contributed by atoms with Crippen molar-refractivity contribution in [2.45, 2.75) is 23.9 Å². The van der Waals surface area contributed by atoms with Crippen LogP contribution in [0.2, 0.25) is 0 Å². The topological polar surface area (TPSA) is 15.3 Å². The van der Waals surface area contributed by atoms with Crippen LogP contribution in [0.3, 0.4) is 0 Å². The Kier molecular flexibility index (Phi) is 3.90. The molecule has 1 aromatic carbocycles. The Balaban J connectivity index is 1.93. The summed E-state index contributed by atoms with van der Waals surface area (Å²) in [5.74, 6) is 1.17. The molecule has 0 spiro atoms. The van der Waals surface area contributed by atoms with Crippen molar-refractivity contribution in [1.29, 1.82) is 0 Å². The summed E-state index contributed by atoms with van der Waals surface area (Å²) in [5.41, 5.74) is 1.47. The number of hydrogen-bond acceptors (Lipinski definition) is 3. The van der Waals surface area contributed by atoms with Crippen LogP contribution >= 0.6 is 11.8 Å². The number of benzene rings is 1. The van der Waals surface area contributed by atoms with E-state index in [0.717, 1.165) is 6.54 Å². The standard InChI is InChI=1S/C13H20N2S/c1-10(15(2)3)8-14-12-9-16-13-7-5-4-6-11(12)13/h4-7,10,12,14H,8-9H2,1-3H3. The highest BCUT2D eigenvalue weighted by Crippen LogP contribution is 2.37. The average Bonchev–Trinajstić information content (AvgIpc) is 2.69.